The first-order valence-electron chi connectivity index (χ1n) is 9.60. The minimum absolute atomic E-state index is 0.0783. The first-order chi connectivity index (χ1) is 14.3. The molecule has 0 saturated carbocycles. The highest BCUT2D eigenvalue weighted by atomic mass is 79.9. The molecule has 5 nitrogen and oxygen atoms in total. The Balaban J connectivity index is 1.96. The fourth-order valence-corrected chi connectivity index (χ4v) is 5.86. The van der Waals surface area contributed by atoms with Crippen molar-refractivity contribution < 1.29 is 9.53 Å². The Labute approximate surface area is 188 Å². The van der Waals surface area contributed by atoms with Gasteiger partial charge in [0.1, 0.15) is 11.6 Å². The number of ether oxygens (including phenoxy) is 1. The molecule has 1 aliphatic carbocycles. The van der Waals surface area contributed by atoms with E-state index < -0.39 is 5.92 Å². The number of halogens is 1. The van der Waals surface area contributed by atoms with Gasteiger partial charge < -0.3 is 10.5 Å². The third-order valence-electron chi connectivity index (χ3n) is 5.58. The predicted octanol–water partition coefficient (Wildman–Crippen LogP) is 5.46. The number of carbonyl (C=O) groups is 1. The fraction of sp³-hybridized carbons (Fsp3) is 0.304. The van der Waals surface area contributed by atoms with Crippen LogP contribution in [0.3, 0.4) is 0 Å². The lowest BCUT2D eigenvalue weighted by Crippen LogP contribution is -2.42. The van der Waals surface area contributed by atoms with Gasteiger partial charge in [0, 0.05) is 38.1 Å². The van der Waals surface area contributed by atoms with Crippen LogP contribution in [0.1, 0.15) is 37.5 Å². The van der Waals surface area contributed by atoms with E-state index in [2.05, 4.69) is 35.8 Å². The van der Waals surface area contributed by atoms with Gasteiger partial charge in [-0.3, -0.25) is 9.69 Å². The van der Waals surface area contributed by atoms with Gasteiger partial charge in [-0.05, 0) is 58.1 Å². The fourth-order valence-electron chi connectivity index (χ4n) is 4.30. The van der Waals surface area contributed by atoms with Crippen molar-refractivity contribution in [1.82, 2.24) is 0 Å². The minimum Gasteiger partial charge on any atom is -0.497 e. The number of anilines is 1. The zero-order valence-corrected chi connectivity index (χ0v) is 19.4. The maximum absolute atomic E-state index is 13.4. The van der Waals surface area contributed by atoms with Crippen LogP contribution in [-0.2, 0) is 4.79 Å². The normalized spacial score (nSPS) is 20.8. The lowest BCUT2D eigenvalue weighted by atomic mass is 9.69. The Morgan fingerprint density at radius 2 is 2.00 bits per heavy atom. The molecule has 2 aromatic rings. The van der Waals surface area contributed by atoms with Crippen LogP contribution in [0.25, 0.3) is 0 Å². The molecular weight excluding hydrogens is 462 g/mol. The van der Waals surface area contributed by atoms with Crippen molar-refractivity contribution in [2.45, 2.75) is 32.6 Å². The molecule has 1 aliphatic heterocycles. The number of nitriles is 1. The second-order valence-corrected chi connectivity index (χ2v) is 10.2. The first-order valence-corrected chi connectivity index (χ1v) is 11.3. The number of thiophene rings is 1. The van der Waals surface area contributed by atoms with E-state index in [0.29, 0.717) is 29.8 Å². The molecule has 2 aliphatic rings. The van der Waals surface area contributed by atoms with Crippen LogP contribution >= 0.6 is 27.3 Å². The van der Waals surface area contributed by atoms with Crippen molar-refractivity contribution in [1.29, 1.82) is 5.26 Å². The van der Waals surface area contributed by atoms with Gasteiger partial charge in [0.25, 0.3) is 0 Å². The van der Waals surface area contributed by atoms with Crippen LogP contribution in [0.5, 0.6) is 5.75 Å². The highest BCUT2D eigenvalue weighted by Crippen LogP contribution is 2.51. The van der Waals surface area contributed by atoms with Crippen molar-refractivity contribution in [3.05, 3.63) is 67.7 Å². The number of allylic oxidation sites excluding steroid dienone is 3. The summed E-state index contributed by atoms with van der Waals surface area (Å²) in [5, 5.41) is 12.0. The highest BCUT2D eigenvalue weighted by molar-refractivity contribution is 9.10. The van der Waals surface area contributed by atoms with E-state index >= 15 is 0 Å². The third kappa shape index (κ3) is 3.44. The summed E-state index contributed by atoms with van der Waals surface area (Å²) in [7, 11) is 1.62. The molecule has 2 N–H and O–H groups in total. The number of nitrogens with two attached hydrogens (primary N) is 1. The quantitative estimate of drug-likeness (QED) is 0.626. The number of Topliss-reactive ketones (excluding diaryl/α,β-unsaturated/α-hetero) is 1. The number of methoxy groups -OCH3 is 1. The van der Waals surface area contributed by atoms with Crippen LogP contribution in [0.2, 0.25) is 0 Å². The summed E-state index contributed by atoms with van der Waals surface area (Å²) in [6, 6.07) is 11.8. The number of nitrogens with zero attached hydrogens (tertiary/aromatic N) is 2. The van der Waals surface area contributed by atoms with Gasteiger partial charge in [-0.15, -0.1) is 11.3 Å². The average molecular weight is 484 g/mol. The lowest BCUT2D eigenvalue weighted by Gasteiger charge is -2.43. The van der Waals surface area contributed by atoms with E-state index in [1.807, 2.05) is 40.6 Å². The molecule has 0 amide bonds. The summed E-state index contributed by atoms with van der Waals surface area (Å²) >= 11 is 5.02. The molecule has 7 heteroatoms. The van der Waals surface area contributed by atoms with Crippen molar-refractivity contribution in [2.24, 2.45) is 11.1 Å². The molecule has 1 unspecified atom stereocenters. The summed E-state index contributed by atoms with van der Waals surface area (Å²) in [5.74, 6) is 0.754. The second kappa shape index (κ2) is 7.60. The number of carbonyl (C=O) groups excluding carboxylic acids is 1. The second-order valence-electron chi connectivity index (χ2n) is 8.35. The number of rotatable bonds is 3. The molecule has 1 aromatic heterocycles. The molecule has 1 atom stereocenters. The first kappa shape index (κ1) is 20.7. The van der Waals surface area contributed by atoms with E-state index in [1.165, 1.54) is 11.3 Å². The number of hydrogen-bond donors (Lipinski definition) is 1. The van der Waals surface area contributed by atoms with Gasteiger partial charge in [-0.1, -0.05) is 13.8 Å². The van der Waals surface area contributed by atoms with Crippen LogP contribution in [0, 0.1) is 16.7 Å². The van der Waals surface area contributed by atoms with Crippen molar-refractivity contribution in [3.63, 3.8) is 0 Å². The molecule has 154 valence electrons. The van der Waals surface area contributed by atoms with Crippen molar-refractivity contribution >= 4 is 38.7 Å². The van der Waals surface area contributed by atoms with Gasteiger partial charge in [0.05, 0.1) is 24.7 Å². The predicted molar refractivity (Wildman–Crippen MR) is 122 cm³/mol. The molecule has 0 bridgehead atoms. The minimum atomic E-state index is -0.431. The zero-order valence-electron chi connectivity index (χ0n) is 17.0. The summed E-state index contributed by atoms with van der Waals surface area (Å²) < 4.78 is 6.21. The van der Waals surface area contributed by atoms with Crippen molar-refractivity contribution in [3.8, 4) is 11.8 Å². The SMILES string of the molecule is COc1ccc(N2C(N)=C(C#N)C(c3cc(Br)cs3)C3=C2CC(C)(C)CC3=O)cc1. The van der Waals surface area contributed by atoms with Crippen LogP contribution in [0.15, 0.2) is 62.8 Å². The molecule has 0 fully saturated rings. The summed E-state index contributed by atoms with van der Waals surface area (Å²) in [5.41, 5.74) is 9.21. The Hall–Kier alpha value is -2.56. The molecule has 0 spiro atoms. The van der Waals surface area contributed by atoms with Gasteiger partial charge >= 0.3 is 0 Å². The molecule has 0 saturated heterocycles. The summed E-state index contributed by atoms with van der Waals surface area (Å²) in [6.45, 7) is 4.19. The third-order valence-corrected chi connectivity index (χ3v) is 7.34. The molecule has 0 radical (unpaired) electrons. The summed E-state index contributed by atoms with van der Waals surface area (Å²) in [6.07, 6.45) is 1.15. The largest absolute Gasteiger partial charge is 0.497 e. The standard InChI is InChI=1S/C23H22BrN3O2S/c1-23(2)9-17-21(18(28)10-23)20(19-8-13(24)12-30-19)16(11-25)22(26)27(17)14-4-6-15(29-3)7-5-14/h4-8,12,20H,9-10,26H2,1-3H3. The van der Waals surface area contributed by atoms with E-state index in [-0.39, 0.29) is 11.2 Å². The summed E-state index contributed by atoms with van der Waals surface area (Å²) in [4.78, 5) is 16.2. The van der Waals surface area contributed by atoms with Gasteiger partial charge in [-0.2, -0.15) is 5.26 Å². The monoisotopic (exact) mass is 483 g/mol. The topological polar surface area (TPSA) is 79.3 Å². The van der Waals surface area contributed by atoms with Gasteiger partial charge in [0.2, 0.25) is 0 Å². The van der Waals surface area contributed by atoms with Gasteiger partial charge in [-0.25, -0.2) is 0 Å². The van der Waals surface area contributed by atoms with Gasteiger partial charge in [0.15, 0.2) is 5.78 Å². The van der Waals surface area contributed by atoms with Crippen molar-refractivity contribution in [2.75, 3.05) is 12.0 Å². The van der Waals surface area contributed by atoms with Crippen LogP contribution in [0.4, 0.5) is 5.69 Å². The number of hydrogen-bond acceptors (Lipinski definition) is 6. The Morgan fingerprint density at radius 1 is 1.30 bits per heavy atom. The molecule has 4 rings (SSSR count). The maximum Gasteiger partial charge on any atom is 0.162 e. The Bertz CT molecular complexity index is 1120. The Morgan fingerprint density at radius 3 is 2.57 bits per heavy atom. The highest BCUT2D eigenvalue weighted by Gasteiger charge is 2.45. The molecule has 1 aromatic carbocycles. The zero-order chi connectivity index (χ0) is 21.6. The Kier molecular flexibility index (Phi) is 5.25. The lowest BCUT2D eigenvalue weighted by molar-refractivity contribution is -0.118. The van der Waals surface area contributed by atoms with E-state index in [0.717, 1.165) is 26.5 Å². The van der Waals surface area contributed by atoms with E-state index in [9.17, 15) is 10.1 Å². The van der Waals surface area contributed by atoms with Crippen LogP contribution in [-0.4, -0.2) is 12.9 Å². The average Bonchev–Trinajstić information content (AvgIpc) is 3.12. The smallest absolute Gasteiger partial charge is 0.162 e. The van der Waals surface area contributed by atoms with E-state index in [4.69, 9.17) is 10.5 Å². The van der Waals surface area contributed by atoms with E-state index in [1.54, 1.807) is 7.11 Å². The number of ketones is 1. The molecule has 30 heavy (non-hydrogen) atoms. The maximum atomic E-state index is 13.4. The number of benzene rings is 1. The molecule has 2 heterocycles. The molecular formula is C23H22BrN3O2S. The van der Waals surface area contributed by atoms with Crippen LogP contribution < -0.4 is 15.4 Å².